The molecule has 1 fully saturated rings. The highest BCUT2D eigenvalue weighted by molar-refractivity contribution is 7.25. The fourth-order valence-corrected chi connectivity index (χ4v) is 5.93. The minimum Gasteiger partial charge on any atom is -0.507 e. The monoisotopic (exact) mass is 480 g/mol. The molecule has 4 aromatic carbocycles. The normalized spacial score (nSPS) is 16.5. The van der Waals surface area contributed by atoms with Gasteiger partial charge in [-0.15, -0.1) is 11.3 Å². The lowest BCUT2D eigenvalue weighted by Crippen LogP contribution is -2.39. The first kappa shape index (κ1) is 22.1. The molecule has 4 heteroatoms. The van der Waals surface area contributed by atoms with E-state index in [-0.39, 0.29) is 17.8 Å². The van der Waals surface area contributed by atoms with Gasteiger partial charge in [-0.1, -0.05) is 67.6 Å². The smallest absolute Gasteiger partial charge is 0.128 e. The second kappa shape index (κ2) is 8.40. The van der Waals surface area contributed by atoms with Gasteiger partial charge in [-0.25, -0.2) is 0 Å². The molecule has 0 spiro atoms. The molecule has 1 aliphatic heterocycles. The molecule has 1 aliphatic rings. The quantitative estimate of drug-likeness (QED) is 0.249. The van der Waals surface area contributed by atoms with Crippen molar-refractivity contribution in [2.24, 2.45) is 5.92 Å². The summed E-state index contributed by atoms with van der Waals surface area (Å²) < 4.78 is 14.7. The van der Waals surface area contributed by atoms with E-state index >= 15 is 0 Å². The molecule has 3 nitrogen and oxygen atoms in total. The number of ether oxygens (including phenoxy) is 2. The van der Waals surface area contributed by atoms with Crippen molar-refractivity contribution in [3.05, 3.63) is 84.9 Å². The number of hydrogen-bond acceptors (Lipinski definition) is 4. The standard InChI is InChI=1S/C31H28O3S/c1-19(28-18-33-28)31(2,3)34-27-15-25-24-14-26(32)22(20-10-6-4-7-11-20)16-29(24)35-30(25)17-23(27)21-12-8-5-9-13-21/h4-17,19,28,32H,18H2,1-3H3. The Morgan fingerprint density at radius 2 is 1.40 bits per heavy atom. The highest BCUT2D eigenvalue weighted by Gasteiger charge is 2.41. The van der Waals surface area contributed by atoms with E-state index in [1.165, 1.54) is 4.70 Å². The van der Waals surface area contributed by atoms with Crippen molar-refractivity contribution in [1.82, 2.24) is 0 Å². The lowest BCUT2D eigenvalue weighted by molar-refractivity contribution is 0.0389. The van der Waals surface area contributed by atoms with Crippen LogP contribution in [0.3, 0.4) is 0 Å². The number of epoxide rings is 1. The number of phenols is 1. The van der Waals surface area contributed by atoms with Crippen molar-refractivity contribution in [3.63, 3.8) is 0 Å². The van der Waals surface area contributed by atoms with E-state index in [2.05, 4.69) is 63.2 Å². The molecule has 0 radical (unpaired) electrons. The van der Waals surface area contributed by atoms with Gasteiger partial charge in [0.15, 0.2) is 0 Å². The van der Waals surface area contributed by atoms with Crippen LogP contribution in [0.25, 0.3) is 42.4 Å². The predicted octanol–water partition coefficient (Wildman–Crippen LogP) is 8.29. The van der Waals surface area contributed by atoms with Gasteiger partial charge in [0.05, 0.1) is 12.7 Å². The molecule has 0 saturated carbocycles. The molecule has 2 heterocycles. The van der Waals surface area contributed by atoms with Gasteiger partial charge < -0.3 is 14.6 Å². The van der Waals surface area contributed by atoms with Crippen LogP contribution >= 0.6 is 11.3 Å². The molecule has 5 aromatic rings. The van der Waals surface area contributed by atoms with E-state index < -0.39 is 5.60 Å². The summed E-state index contributed by atoms with van der Waals surface area (Å²) in [5, 5.41) is 13.1. The number of aromatic hydroxyl groups is 1. The molecular weight excluding hydrogens is 452 g/mol. The van der Waals surface area contributed by atoms with Crippen molar-refractivity contribution in [1.29, 1.82) is 0 Å². The summed E-state index contributed by atoms with van der Waals surface area (Å²) in [6, 6.07) is 28.8. The highest BCUT2D eigenvalue weighted by Crippen LogP contribution is 2.46. The van der Waals surface area contributed by atoms with E-state index in [4.69, 9.17) is 9.47 Å². The zero-order valence-electron chi connectivity index (χ0n) is 20.1. The summed E-state index contributed by atoms with van der Waals surface area (Å²) >= 11 is 1.75. The maximum atomic E-state index is 10.9. The summed E-state index contributed by atoms with van der Waals surface area (Å²) in [6.07, 6.45) is 0.254. The van der Waals surface area contributed by atoms with Crippen LogP contribution in [0.15, 0.2) is 84.9 Å². The first-order chi connectivity index (χ1) is 16.9. The van der Waals surface area contributed by atoms with Crippen LogP contribution in [-0.4, -0.2) is 23.4 Å². The molecule has 0 bridgehead atoms. The SMILES string of the molecule is CC(C1CO1)C(C)(C)Oc1cc2c(cc1-c1ccccc1)sc1cc(-c3ccccc3)c(O)cc12. The van der Waals surface area contributed by atoms with Crippen LogP contribution in [-0.2, 0) is 4.74 Å². The number of benzene rings is 4. The summed E-state index contributed by atoms with van der Waals surface area (Å²) in [6.45, 7) is 7.28. The molecule has 35 heavy (non-hydrogen) atoms. The van der Waals surface area contributed by atoms with E-state index in [0.29, 0.717) is 0 Å². The molecular formula is C31H28O3S. The van der Waals surface area contributed by atoms with Crippen LogP contribution in [0.1, 0.15) is 20.8 Å². The van der Waals surface area contributed by atoms with Gasteiger partial charge in [-0.2, -0.15) is 0 Å². The summed E-state index contributed by atoms with van der Waals surface area (Å²) in [4.78, 5) is 0. The number of fused-ring (bicyclic) bond motifs is 3. The highest BCUT2D eigenvalue weighted by atomic mass is 32.1. The van der Waals surface area contributed by atoms with Gasteiger partial charge in [0.2, 0.25) is 0 Å². The van der Waals surface area contributed by atoms with E-state index in [1.807, 2.05) is 42.5 Å². The fourth-order valence-electron chi connectivity index (χ4n) is 4.78. The molecule has 6 rings (SSSR count). The topological polar surface area (TPSA) is 42.0 Å². The Hall–Kier alpha value is -3.34. The second-order valence-electron chi connectivity index (χ2n) is 9.91. The average molecular weight is 481 g/mol. The third kappa shape index (κ3) is 4.07. The lowest BCUT2D eigenvalue weighted by Gasteiger charge is -2.33. The number of thiophene rings is 1. The van der Waals surface area contributed by atoms with Crippen LogP contribution in [0.5, 0.6) is 11.5 Å². The minimum absolute atomic E-state index is 0.254. The van der Waals surface area contributed by atoms with Gasteiger partial charge in [0, 0.05) is 37.2 Å². The van der Waals surface area contributed by atoms with Crippen molar-refractivity contribution in [3.8, 4) is 33.8 Å². The Morgan fingerprint density at radius 1 is 0.857 bits per heavy atom. The zero-order valence-corrected chi connectivity index (χ0v) is 20.9. The van der Waals surface area contributed by atoms with E-state index in [1.54, 1.807) is 11.3 Å². The lowest BCUT2D eigenvalue weighted by atomic mass is 9.89. The van der Waals surface area contributed by atoms with Gasteiger partial charge in [-0.05, 0) is 49.2 Å². The van der Waals surface area contributed by atoms with Crippen molar-refractivity contribution in [2.75, 3.05) is 6.61 Å². The largest absolute Gasteiger partial charge is 0.507 e. The van der Waals surface area contributed by atoms with E-state index in [0.717, 1.165) is 50.1 Å². The first-order valence-electron chi connectivity index (χ1n) is 12.1. The predicted molar refractivity (Wildman–Crippen MR) is 145 cm³/mol. The summed E-state index contributed by atoms with van der Waals surface area (Å²) in [5.74, 6) is 1.41. The Labute approximate surface area is 209 Å². The number of rotatable bonds is 6. The average Bonchev–Trinajstić information content (AvgIpc) is 3.66. The van der Waals surface area contributed by atoms with E-state index in [9.17, 15) is 5.11 Å². The number of phenolic OH excluding ortho intramolecular Hbond substituents is 1. The molecule has 0 aliphatic carbocycles. The molecule has 1 aromatic heterocycles. The summed E-state index contributed by atoms with van der Waals surface area (Å²) in [7, 11) is 0. The Balaban J connectivity index is 1.53. The minimum atomic E-state index is -0.396. The van der Waals surface area contributed by atoms with Gasteiger partial charge >= 0.3 is 0 Å². The molecule has 0 amide bonds. The molecule has 2 atom stereocenters. The number of hydrogen-bond donors (Lipinski definition) is 1. The van der Waals surface area contributed by atoms with Gasteiger partial charge in [-0.3, -0.25) is 0 Å². The second-order valence-corrected chi connectivity index (χ2v) is 11.0. The first-order valence-corrected chi connectivity index (χ1v) is 12.9. The van der Waals surface area contributed by atoms with Gasteiger partial charge in [0.25, 0.3) is 0 Å². The molecule has 176 valence electrons. The Bertz CT molecular complexity index is 1520. The maximum Gasteiger partial charge on any atom is 0.128 e. The van der Waals surface area contributed by atoms with Crippen molar-refractivity contribution >= 4 is 31.5 Å². The van der Waals surface area contributed by atoms with Crippen LogP contribution in [0.4, 0.5) is 0 Å². The van der Waals surface area contributed by atoms with Crippen LogP contribution in [0.2, 0.25) is 0 Å². The third-order valence-corrected chi connectivity index (χ3v) is 8.36. The van der Waals surface area contributed by atoms with Crippen LogP contribution in [0, 0.1) is 5.92 Å². The van der Waals surface area contributed by atoms with Gasteiger partial charge in [0.1, 0.15) is 17.1 Å². The van der Waals surface area contributed by atoms with Crippen molar-refractivity contribution in [2.45, 2.75) is 32.5 Å². The third-order valence-electron chi connectivity index (χ3n) is 7.25. The fraction of sp³-hybridized carbons (Fsp3) is 0.226. The molecule has 1 N–H and O–H groups in total. The Morgan fingerprint density at radius 3 is 2.00 bits per heavy atom. The summed E-state index contributed by atoms with van der Waals surface area (Å²) in [5.41, 5.74) is 3.67. The van der Waals surface area contributed by atoms with Crippen LogP contribution < -0.4 is 4.74 Å². The molecule has 2 unspecified atom stereocenters. The Kier molecular flexibility index (Phi) is 5.32. The molecule has 1 saturated heterocycles. The zero-order chi connectivity index (χ0) is 24.2. The maximum absolute atomic E-state index is 10.9. The van der Waals surface area contributed by atoms with Crippen molar-refractivity contribution < 1.29 is 14.6 Å².